The van der Waals surface area contributed by atoms with E-state index in [0.29, 0.717) is 11.1 Å². The second kappa shape index (κ2) is 4.16. The Balaban J connectivity index is 1.59. The number of anilines is 1. The third-order valence-electron chi connectivity index (χ3n) is 4.53. The minimum Gasteiger partial charge on any atom is -0.356 e. The molecule has 4 rings (SSSR count). The van der Waals surface area contributed by atoms with E-state index in [4.69, 9.17) is 4.63 Å². The summed E-state index contributed by atoms with van der Waals surface area (Å²) in [5.74, 6) is 0.999. The Morgan fingerprint density at radius 3 is 2.95 bits per heavy atom. The van der Waals surface area contributed by atoms with E-state index >= 15 is 0 Å². The van der Waals surface area contributed by atoms with E-state index in [1.165, 1.54) is 19.3 Å². The van der Waals surface area contributed by atoms with Gasteiger partial charge in [0.1, 0.15) is 5.82 Å². The topological polar surface area (TPSA) is 67.1 Å². The Kier molecular flexibility index (Phi) is 2.44. The van der Waals surface area contributed by atoms with E-state index in [0.717, 1.165) is 37.5 Å². The zero-order valence-corrected chi connectivity index (χ0v) is 10.8. The molecule has 4 heterocycles. The Bertz CT molecular complexity index is 589. The second-order valence-corrected chi connectivity index (χ2v) is 5.70. The molecule has 2 fully saturated rings. The molecule has 2 aliphatic heterocycles. The van der Waals surface area contributed by atoms with E-state index in [2.05, 4.69) is 25.5 Å². The second-order valence-electron chi connectivity index (χ2n) is 5.70. The Labute approximate surface area is 111 Å². The van der Waals surface area contributed by atoms with Crippen LogP contribution in [0.3, 0.4) is 0 Å². The smallest absolute Gasteiger partial charge is 0.226 e. The Hall–Kier alpha value is -1.69. The van der Waals surface area contributed by atoms with Crippen molar-refractivity contribution in [2.75, 3.05) is 31.1 Å². The summed E-state index contributed by atoms with van der Waals surface area (Å²) in [5, 5.41) is 11.1. The highest BCUT2D eigenvalue weighted by Gasteiger charge is 2.39. The van der Waals surface area contributed by atoms with Gasteiger partial charge in [-0.15, -0.1) is 0 Å². The number of hydrogen-bond acceptors (Lipinski definition) is 6. The molecule has 2 aliphatic rings. The van der Waals surface area contributed by atoms with E-state index in [-0.39, 0.29) is 0 Å². The predicted octanol–water partition coefficient (Wildman–Crippen LogP) is 1.20. The van der Waals surface area contributed by atoms with Crippen molar-refractivity contribution >= 4 is 17.0 Å². The van der Waals surface area contributed by atoms with Crippen LogP contribution in [-0.4, -0.2) is 41.5 Å². The fourth-order valence-electron chi connectivity index (χ4n) is 3.34. The van der Waals surface area contributed by atoms with Crippen LogP contribution in [-0.2, 0) is 0 Å². The number of nitrogens with one attached hydrogen (secondary N) is 1. The number of pyridine rings is 1. The number of nitrogens with zero attached hydrogens (tertiary/aromatic N) is 4. The monoisotopic (exact) mass is 259 g/mol. The first-order chi connectivity index (χ1) is 9.35. The van der Waals surface area contributed by atoms with Gasteiger partial charge in [-0.1, -0.05) is 0 Å². The third-order valence-corrected chi connectivity index (χ3v) is 4.53. The first kappa shape index (κ1) is 11.2. The first-order valence-electron chi connectivity index (χ1n) is 6.90. The van der Waals surface area contributed by atoms with Crippen LogP contribution in [0.1, 0.15) is 19.3 Å². The lowest BCUT2D eigenvalue weighted by Crippen LogP contribution is -2.38. The average molecular weight is 259 g/mol. The lowest BCUT2D eigenvalue weighted by molar-refractivity contribution is 0.232. The summed E-state index contributed by atoms with van der Waals surface area (Å²) in [6, 6.07) is 3.95. The lowest BCUT2D eigenvalue weighted by Gasteiger charge is -2.33. The van der Waals surface area contributed by atoms with Gasteiger partial charge in [0.05, 0.1) is 0 Å². The van der Waals surface area contributed by atoms with Crippen molar-refractivity contribution in [2.45, 2.75) is 19.3 Å². The van der Waals surface area contributed by atoms with Crippen molar-refractivity contribution in [3.05, 3.63) is 12.1 Å². The molecular formula is C13H17N5O. The number of aromatic nitrogens is 3. The maximum atomic E-state index is 4.70. The first-order valence-corrected chi connectivity index (χ1v) is 6.90. The van der Waals surface area contributed by atoms with Crippen molar-refractivity contribution in [1.29, 1.82) is 0 Å². The zero-order valence-electron chi connectivity index (χ0n) is 10.8. The summed E-state index contributed by atoms with van der Waals surface area (Å²) in [7, 11) is 0. The van der Waals surface area contributed by atoms with Crippen LogP contribution in [0.4, 0.5) is 5.82 Å². The van der Waals surface area contributed by atoms with Crippen molar-refractivity contribution < 1.29 is 4.63 Å². The largest absolute Gasteiger partial charge is 0.356 e. The maximum absolute atomic E-state index is 4.70. The predicted molar refractivity (Wildman–Crippen MR) is 71.0 cm³/mol. The molecule has 2 aromatic rings. The molecular weight excluding hydrogens is 242 g/mol. The van der Waals surface area contributed by atoms with E-state index in [9.17, 15) is 0 Å². The molecule has 0 radical (unpaired) electrons. The summed E-state index contributed by atoms with van der Waals surface area (Å²) < 4.78 is 4.70. The minimum atomic E-state index is 0.490. The van der Waals surface area contributed by atoms with Gasteiger partial charge in [0.15, 0.2) is 5.52 Å². The molecule has 0 unspecified atom stereocenters. The van der Waals surface area contributed by atoms with Crippen LogP contribution >= 0.6 is 0 Å². The molecule has 0 saturated carbocycles. The van der Waals surface area contributed by atoms with Crippen LogP contribution in [0.2, 0.25) is 0 Å². The quantitative estimate of drug-likeness (QED) is 0.830. The Morgan fingerprint density at radius 1 is 1.16 bits per heavy atom. The summed E-state index contributed by atoms with van der Waals surface area (Å²) in [5.41, 5.74) is 1.81. The molecule has 1 N–H and O–H groups in total. The maximum Gasteiger partial charge on any atom is 0.226 e. The molecule has 6 nitrogen and oxygen atoms in total. The highest BCUT2D eigenvalue weighted by Crippen LogP contribution is 2.39. The van der Waals surface area contributed by atoms with Gasteiger partial charge in [-0.2, -0.15) is 0 Å². The standard InChI is InChI=1S/C13H17N5O/c1-2-11(15-12-10(1)16-19-17-12)18-8-5-13(9-18)3-6-14-7-4-13/h1-2,14H,3-9H2. The van der Waals surface area contributed by atoms with Crippen molar-refractivity contribution in [3.63, 3.8) is 0 Å². The van der Waals surface area contributed by atoms with Gasteiger partial charge in [0.2, 0.25) is 5.65 Å². The molecule has 0 bridgehead atoms. The lowest BCUT2D eigenvalue weighted by atomic mass is 9.78. The average Bonchev–Trinajstić information content (AvgIpc) is 3.06. The summed E-state index contributed by atoms with van der Waals surface area (Å²) in [6.45, 7) is 4.49. The Morgan fingerprint density at radius 2 is 2.05 bits per heavy atom. The van der Waals surface area contributed by atoms with Crippen LogP contribution in [0.5, 0.6) is 0 Å². The fourth-order valence-corrected chi connectivity index (χ4v) is 3.34. The van der Waals surface area contributed by atoms with Gasteiger partial charge < -0.3 is 10.2 Å². The van der Waals surface area contributed by atoms with Gasteiger partial charge in [-0.05, 0) is 60.2 Å². The molecule has 0 aromatic carbocycles. The van der Waals surface area contributed by atoms with Crippen molar-refractivity contribution in [2.24, 2.45) is 5.41 Å². The molecule has 100 valence electrons. The molecule has 0 amide bonds. The van der Waals surface area contributed by atoms with E-state index in [1.54, 1.807) is 0 Å². The number of fused-ring (bicyclic) bond motifs is 1. The molecule has 2 aromatic heterocycles. The normalized spacial score (nSPS) is 22.4. The molecule has 2 saturated heterocycles. The highest BCUT2D eigenvalue weighted by atomic mass is 16.6. The molecule has 0 atom stereocenters. The van der Waals surface area contributed by atoms with Crippen molar-refractivity contribution in [3.8, 4) is 0 Å². The van der Waals surface area contributed by atoms with E-state index in [1.807, 2.05) is 12.1 Å². The van der Waals surface area contributed by atoms with Gasteiger partial charge in [0, 0.05) is 13.1 Å². The number of hydrogen-bond donors (Lipinski definition) is 1. The van der Waals surface area contributed by atoms with Gasteiger partial charge in [0.25, 0.3) is 0 Å². The summed E-state index contributed by atoms with van der Waals surface area (Å²) >= 11 is 0. The van der Waals surface area contributed by atoms with Gasteiger partial charge in [-0.3, -0.25) is 0 Å². The molecule has 1 spiro atoms. The van der Waals surface area contributed by atoms with Crippen LogP contribution in [0.25, 0.3) is 11.2 Å². The summed E-state index contributed by atoms with van der Waals surface area (Å²) in [6.07, 6.45) is 3.82. The number of piperidine rings is 1. The minimum absolute atomic E-state index is 0.490. The highest BCUT2D eigenvalue weighted by molar-refractivity contribution is 5.71. The SMILES string of the molecule is c1cc2nonc2nc1N1CCC2(CCNCC2)C1. The molecule has 19 heavy (non-hydrogen) atoms. The summed E-state index contributed by atoms with van der Waals surface area (Å²) in [4.78, 5) is 6.91. The van der Waals surface area contributed by atoms with Gasteiger partial charge in [-0.25, -0.2) is 9.61 Å². The van der Waals surface area contributed by atoms with Gasteiger partial charge >= 0.3 is 0 Å². The zero-order chi connectivity index (χ0) is 12.7. The fraction of sp³-hybridized carbons (Fsp3) is 0.615. The van der Waals surface area contributed by atoms with Crippen LogP contribution in [0, 0.1) is 5.41 Å². The number of rotatable bonds is 1. The van der Waals surface area contributed by atoms with Crippen molar-refractivity contribution in [1.82, 2.24) is 20.6 Å². The molecule has 0 aliphatic carbocycles. The third kappa shape index (κ3) is 1.87. The van der Waals surface area contributed by atoms with E-state index < -0.39 is 0 Å². The molecule has 6 heteroatoms. The van der Waals surface area contributed by atoms with Crippen LogP contribution < -0.4 is 10.2 Å². The van der Waals surface area contributed by atoms with Crippen LogP contribution in [0.15, 0.2) is 16.8 Å².